The Hall–Kier alpha value is -1.22. The van der Waals surface area contributed by atoms with Crippen molar-refractivity contribution in [3.63, 3.8) is 0 Å². The van der Waals surface area contributed by atoms with Gasteiger partial charge < -0.3 is 14.9 Å². The third-order valence-corrected chi connectivity index (χ3v) is 5.39. The van der Waals surface area contributed by atoms with Gasteiger partial charge in [0.1, 0.15) is 0 Å². The van der Waals surface area contributed by atoms with Crippen molar-refractivity contribution in [2.75, 3.05) is 43.1 Å². The van der Waals surface area contributed by atoms with E-state index in [-0.39, 0.29) is 5.41 Å². The highest BCUT2D eigenvalue weighted by Gasteiger charge is 2.37. The summed E-state index contributed by atoms with van der Waals surface area (Å²) in [6, 6.07) is 8.67. The average Bonchev–Trinajstić information content (AvgIpc) is 2.50. The molecule has 2 atom stereocenters. The molecule has 0 aromatic heterocycles. The first-order valence-corrected chi connectivity index (χ1v) is 8.29. The number of benzene rings is 1. The minimum absolute atomic E-state index is 0.0979. The van der Waals surface area contributed by atoms with Crippen molar-refractivity contribution >= 4 is 11.4 Å². The molecule has 2 unspecified atom stereocenters. The normalized spacial score (nSPS) is 29.4. The standard InChI is InChI=1S/C18H28N2O/c1-15-6-5-9-18(12-15,14-21)13-20-11-10-19(2)16-7-3-4-8-17(16)20/h3-4,7-8,15,21H,5-6,9-14H2,1-2H3. The van der Waals surface area contributed by atoms with Crippen LogP contribution in [0.15, 0.2) is 24.3 Å². The zero-order valence-corrected chi connectivity index (χ0v) is 13.4. The quantitative estimate of drug-likeness (QED) is 0.925. The SMILES string of the molecule is CC1CCCC(CO)(CN2CCN(C)c3ccccc32)C1. The maximum Gasteiger partial charge on any atom is 0.0604 e. The summed E-state index contributed by atoms with van der Waals surface area (Å²) in [5, 5.41) is 10.1. The van der Waals surface area contributed by atoms with E-state index in [1.54, 1.807) is 0 Å². The van der Waals surface area contributed by atoms with Gasteiger partial charge in [0.05, 0.1) is 18.0 Å². The third-order valence-electron chi connectivity index (χ3n) is 5.39. The fourth-order valence-electron chi connectivity index (χ4n) is 4.24. The number of aliphatic hydroxyl groups is 1. The van der Waals surface area contributed by atoms with Gasteiger partial charge in [0, 0.05) is 32.1 Å². The molecule has 1 aromatic carbocycles. The summed E-state index contributed by atoms with van der Waals surface area (Å²) in [7, 11) is 2.17. The molecule has 1 fully saturated rings. The Balaban J connectivity index is 1.83. The minimum atomic E-state index is 0.0979. The molecule has 1 N–H and O–H groups in total. The lowest BCUT2D eigenvalue weighted by Gasteiger charge is -2.45. The van der Waals surface area contributed by atoms with Crippen molar-refractivity contribution in [1.29, 1.82) is 0 Å². The van der Waals surface area contributed by atoms with Crippen LogP contribution in [0.5, 0.6) is 0 Å². The van der Waals surface area contributed by atoms with Crippen LogP contribution in [-0.2, 0) is 0 Å². The zero-order chi connectivity index (χ0) is 14.9. The van der Waals surface area contributed by atoms with Crippen LogP contribution in [0.3, 0.4) is 0 Å². The van der Waals surface area contributed by atoms with Crippen molar-refractivity contribution in [3.05, 3.63) is 24.3 Å². The predicted octanol–water partition coefficient (Wildman–Crippen LogP) is 3.13. The molecular formula is C18H28N2O. The molecule has 0 saturated heterocycles. The largest absolute Gasteiger partial charge is 0.396 e. The van der Waals surface area contributed by atoms with Gasteiger partial charge in [-0.25, -0.2) is 0 Å². The number of likely N-dealkylation sites (N-methyl/N-ethyl adjacent to an activating group) is 1. The highest BCUT2D eigenvalue weighted by atomic mass is 16.3. The highest BCUT2D eigenvalue weighted by molar-refractivity contribution is 5.73. The van der Waals surface area contributed by atoms with E-state index >= 15 is 0 Å². The van der Waals surface area contributed by atoms with E-state index in [0.29, 0.717) is 6.61 Å². The third kappa shape index (κ3) is 2.89. The lowest BCUT2D eigenvalue weighted by Crippen LogP contribution is -2.47. The summed E-state index contributed by atoms with van der Waals surface area (Å²) in [5.41, 5.74) is 2.75. The molecule has 1 saturated carbocycles. The van der Waals surface area contributed by atoms with Gasteiger partial charge in [-0.1, -0.05) is 31.9 Å². The smallest absolute Gasteiger partial charge is 0.0604 e. The van der Waals surface area contributed by atoms with Crippen molar-refractivity contribution in [3.8, 4) is 0 Å². The molecule has 0 spiro atoms. The van der Waals surface area contributed by atoms with E-state index in [9.17, 15) is 5.11 Å². The maximum atomic E-state index is 10.1. The van der Waals surface area contributed by atoms with Gasteiger partial charge in [-0.2, -0.15) is 0 Å². The second kappa shape index (κ2) is 5.88. The summed E-state index contributed by atoms with van der Waals surface area (Å²) in [6.45, 7) is 5.78. The summed E-state index contributed by atoms with van der Waals surface area (Å²) in [4.78, 5) is 4.84. The first kappa shape index (κ1) is 14.7. The van der Waals surface area contributed by atoms with Gasteiger partial charge in [-0.05, 0) is 30.9 Å². The molecule has 1 aliphatic heterocycles. The molecule has 1 aliphatic carbocycles. The summed E-state index contributed by atoms with van der Waals surface area (Å²) in [5.74, 6) is 0.744. The zero-order valence-electron chi connectivity index (χ0n) is 13.4. The molecule has 0 amide bonds. The second-order valence-corrected chi connectivity index (χ2v) is 7.19. The van der Waals surface area contributed by atoms with Crippen LogP contribution in [0.25, 0.3) is 0 Å². The maximum absolute atomic E-state index is 10.1. The van der Waals surface area contributed by atoms with E-state index in [1.165, 1.54) is 30.6 Å². The van der Waals surface area contributed by atoms with Crippen LogP contribution in [0, 0.1) is 11.3 Å². The fraction of sp³-hybridized carbons (Fsp3) is 0.667. The number of hydrogen-bond acceptors (Lipinski definition) is 3. The first-order chi connectivity index (χ1) is 10.1. The Labute approximate surface area is 128 Å². The summed E-state index contributed by atoms with van der Waals surface area (Å²) in [6.07, 6.45) is 4.92. The van der Waals surface area contributed by atoms with Gasteiger partial charge >= 0.3 is 0 Å². The van der Waals surface area contributed by atoms with Gasteiger partial charge in [0.25, 0.3) is 0 Å². The lowest BCUT2D eigenvalue weighted by molar-refractivity contribution is 0.0665. The van der Waals surface area contributed by atoms with E-state index in [1.807, 2.05) is 0 Å². The van der Waals surface area contributed by atoms with Crippen molar-refractivity contribution in [2.45, 2.75) is 32.6 Å². The van der Waals surface area contributed by atoms with Crippen molar-refractivity contribution < 1.29 is 5.11 Å². The van der Waals surface area contributed by atoms with Crippen molar-refractivity contribution in [2.24, 2.45) is 11.3 Å². The number of rotatable bonds is 3. The Morgan fingerprint density at radius 1 is 1.24 bits per heavy atom. The molecule has 2 aliphatic rings. The average molecular weight is 288 g/mol. The Morgan fingerprint density at radius 2 is 2.00 bits per heavy atom. The van der Waals surface area contributed by atoms with Crippen LogP contribution in [0.1, 0.15) is 32.6 Å². The second-order valence-electron chi connectivity index (χ2n) is 7.19. The molecule has 0 bridgehead atoms. The van der Waals surface area contributed by atoms with Gasteiger partial charge in [-0.15, -0.1) is 0 Å². The predicted molar refractivity (Wildman–Crippen MR) is 89.1 cm³/mol. The van der Waals surface area contributed by atoms with Gasteiger partial charge in [-0.3, -0.25) is 0 Å². The number of fused-ring (bicyclic) bond motifs is 1. The molecule has 116 valence electrons. The van der Waals surface area contributed by atoms with Crippen LogP contribution < -0.4 is 9.80 Å². The molecule has 3 nitrogen and oxygen atoms in total. The minimum Gasteiger partial charge on any atom is -0.396 e. The van der Waals surface area contributed by atoms with E-state index in [4.69, 9.17) is 0 Å². The van der Waals surface area contributed by atoms with Crippen LogP contribution in [0.2, 0.25) is 0 Å². The Bertz CT molecular complexity index is 490. The summed E-state index contributed by atoms with van der Waals surface area (Å²) >= 11 is 0. The molecule has 3 heteroatoms. The number of hydrogen-bond donors (Lipinski definition) is 1. The van der Waals surface area contributed by atoms with Crippen LogP contribution >= 0.6 is 0 Å². The number of aliphatic hydroxyl groups excluding tert-OH is 1. The topological polar surface area (TPSA) is 26.7 Å². The van der Waals surface area contributed by atoms with Crippen molar-refractivity contribution in [1.82, 2.24) is 0 Å². The fourth-order valence-corrected chi connectivity index (χ4v) is 4.24. The first-order valence-electron chi connectivity index (χ1n) is 8.29. The number of para-hydroxylation sites is 2. The molecular weight excluding hydrogens is 260 g/mol. The van der Waals surface area contributed by atoms with E-state index in [2.05, 4.69) is 48.0 Å². The van der Waals surface area contributed by atoms with Crippen LogP contribution in [0.4, 0.5) is 11.4 Å². The molecule has 3 rings (SSSR count). The lowest BCUT2D eigenvalue weighted by atomic mass is 9.70. The highest BCUT2D eigenvalue weighted by Crippen LogP contribution is 2.42. The molecule has 1 heterocycles. The molecule has 0 radical (unpaired) electrons. The summed E-state index contributed by atoms with van der Waals surface area (Å²) < 4.78 is 0. The molecule has 21 heavy (non-hydrogen) atoms. The van der Waals surface area contributed by atoms with Crippen LogP contribution in [-0.4, -0.2) is 38.4 Å². The monoisotopic (exact) mass is 288 g/mol. The van der Waals surface area contributed by atoms with E-state index in [0.717, 1.165) is 32.0 Å². The van der Waals surface area contributed by atoms with E-state index < -0.39 is 0 Å². The number of nitrogens with zero attached hydrogens (tertiary/aromatic N) is 2. The van der Waals surface area contributed by atoms with Gasteiger partial charge in [0.15, 0.2) is 0 Å². The molecule has 1 aromatic rings. The van der Waals surface area contributed by atoms with Gasteiger partial charge in [0.2, 0.25) is 0 Å². The Kier molecular flexibility index (Phi) is 4.12. The Morgan fingerprint density at radius 3 is 2.71 bits per heavy atom. The number of anilines is 2.